The van der Waals surface area contributed by atoms with E-state index in [1.165, 1.54) is 18.3 Å². The molecule has 156 valence electrons. The van der Waals surface area contributed by atoms with Crippen LogP contribution in [0.3, 0.4) is 0 Å². The number of nitrogens with zero attached hydrogens (tertiary/aromatic N) is 2. The number of pyridine rings is 1. The second-order valence-electron chi connectivity index (χ2n) is 7.26. The van der Waals surface area contributed by atoms with E-state index in [-0.39, 0.29) is 21.0 Å². The summed E-state index contributed by atoms with van der Waals surface area (Å²) in [5, 5.41) is 14.8. The van der Waals surface area contributed by atoms with Gasteiger partial charge in [-0.3, -0.25) is 0 Å². The first kappa shape index (κ1) is 21.6. The number of sulfone groups is 1. The molecule has 0 spiro atoms. The lowest BCUT2D eigenvalue weighted by molar-refractivity contribution is 0.146. The average Bonchev–Trinajstić information content (AvgIpc) is 2.86. The maximum absolute atomic E-state index is 13.3. The Morgan fingerprint density at radius 1 is 1.21 bits per heavy atom. The Bertz CT molecular complexity index is 978. The molecule has 29 heavy (non-hydrogen) atoms. The van der Waals surface area contributed by atoms with Crippen LogP contribution in [0.2, 0.25) is 10.2 Å². The summed E-state index contributed by atoms with van der Waals surface area (Å²) in [7, 11) is -3.81. The molecule has 2 N–H and O–H groups in total. The van der Waals surface area contributed by atoms with E-state index in [0.29, 0.717) is 35.4 Å². The topological polar surface area (TPSA) is 82.5 Å². The number of rotatable bonds is 3. The number of anilines is 2. The highest BCUT2D eigenvalue weighted by Gasteiger charge is 2.40. The summed E-state index contributed by atoms with van der Waals surface area (Å²) in [4.78, 5) is 6.22. The second-order valence-corrected chi connectivity index (χ2v) is 11.0. The summed E-state index contributed by atoms with van der Waals surface area (Å²) in [6.07, 6.45) is 3.41. The number of aromatic nitrogens is 1. The Morgan fingerprint density at radius 3 is 2.72 bits per heavy atom. The lowest BCUT2D eigenvalue weighted by Gasteiger charge is -2.40. The molecule has 1 unspecified atom stereocenters. The van der Waals surface area contributed by atoms with Crippen LogP contribution in [-0.4, -0.2) is 47.7 Å². The number of aliphatic hydroxyl groups is 1. The summed E-state index contributed by atoms with van der Waals surface area (Å²) in [6, 6.07) is 6.20. The lowest BCUT2D eigenvalue weighted by atomic mass is 10.0. The van der Waals surface area contributed by atoms with Crippen molar-refractivity contribution in [3.8, 4) is 0 Å². The highest BCUT2D eigenvalue weighted by molar-refractivity contribution is 14.1. The summed E-state index contributed by atoms with van der Waals surface area (Å²) in [6.45, 7) is 0.439. The quantitative estimate of drug-likeness (QED) is 0.332. The van der Waals surface area contributed by atoms with Gasteiger partial charge in [0.1, 0.15) is 10.0 Å². The molecule has 3 heterocycles. The maximum Gasteiger partial charge on any atom is 0.210 e. The monoisotopic (exact) mass is 567 g/mol. The van der Waals surface area contributed by atoms with Crippen LogP contribution >= 0.6 is 45.8 Å². The van der Waals surface area contributed by atoms with Crippen LogP contribution in [0.5, 0.6) is 0 Å². The maximum atomic E-state index is 13.3. The lowest BCUT2D eigenvalue weighted by Crippen LogP contribution is -2.46. The number of alkyl halides is 1. The highest BCUT2D eigenvalue weighted by Crippen LogP contribution is 2.47. The number of hydrogen-bond donors (Lipinski definition) is 2. The zero-order valence-electron chi connectivity index (χ0n) is 15.4. The van der Waals surface area contributed by atoms with Crippen molar-refractivity contribution in [2.24, 2.45) is 0 Å². The molecule has 6 nitrogen and oxygen atoms in total. The first-order valence-corrected chi connectivity index (χ1v) is 13.1. The van der Waals surface area contributed by atoms with E-state index < -0.39 is 15.9 Å². The molecule has 2 aliphatic heterocycles. The SMILES string of the molecule is O=S1(=O)c2cc(Cl)ccc2N([C@H]2CCC(CCI)NC[C@@H]2O)c2cnc(Cl)cc21. The van der Waals surface area contributed by atoms with Gasteiger partial charge in [-0.15, -0.1) is 0 Å². The molecular formula is C19H20Cl2IN3O3S. The van der Waals surface area contributed by atoms with Crippen LogP contribution in [-0.2, 0) is 9.84 Å². The minimum atomic E-state index is -3.81. The molecule has 4 rings (SSSR count). The number of fused-ring (bicyclic) bond motifs is 2. The van der Waals surface area contributed by atoms with E-state index in [4.69, 9.17) is 23.2 Å². The smallest absolute Gasteiger partial charge is 0.210 e. The van der Waals surface area contributed by atoms with Crippen molar-refractivity contribution in [3.63, 3.8) is 0 Å². The van der Waals surface area contributed by atoms with E-state index >= 15 is 0 Å². The number of hydrogen-bond acceptors (Lipinski definition) is 6. The van der Waals surface area contributed by atoms with Gasteiger partial charge in [-0.05, 0) is 43.5 Å². The van der Waals surface area contributed by atoms with E-state index in [0.717, 1.165) is 17.3 Å². The fraction of sp³-hybridized carbons (Fsp3) is 0.421. The third-order valence-electron chi connectivity index (χ3n) is 5.49. The number of β-amino-alcohol motifs (C(OH)–C–C–N with tert-alkyl or cyclic N) is 1. The van der Waals surface area contributed by atoms with Crippen molar-refractivity contribution in [3.05, 3.63) is 40.6 Å². The van der Waals surface area contributed by atoms with Crippen molar-refractivity contribution >= 4 is 67.0 Å². The van der Waals surface area contributed by atoms with Gasteiger partial charge < -0.3 is 15.3 Å². The molecule has 0 aliphatic carbocycles. The molecule has 1 fully saturated rings. The van der Waals surface area contributed by atoms with Gasteiger partial charge in [0, 0.05) is 22.0 Å². The Morgan fingerprint density at radius 2 is 1.97 bits per heavy atom. The van der Waals surface area contributed by atoms with E-state index in [9.17, 15) is 13.5 Å². The minimum absolute atomic E-state index is 0.0838. The highest BCUT2D eigenvalue weighted by atomic mass is 127. The number of aliphatic hydroxyl groups excluding tert-OH is 1. The third kappa shape index (κ3) is 3.99. The fourth-order valence-corrected chi connectivity index (χ4v) is 6.94. The normalized spacial score (nSPS) is 25.8. The Balaban J connectivity index is 1.86. The van der Waals surface area contributed by atoms with Crippen LogP contribution in [0.4, 0.5) is 11.4 Å². The standard InChI is InChI=1S/C19H20Cl2IN3O3S/c20-11-1-3-14-17(7-11)29(27,28)18-8-19(21)24-9-15(18)25(14)13-4-2-12(5-6-22)23-10-16(13)26/h1,3,7-9,12-13,16,23,26H,2,4-6,10H2/t12?,13-,16-/m0/s1. The molecule has 0 amide bonds. The van der Waals surface area contributed by atoms with Gasteiger partial charge in [-0.1, -0.05) is 45.8 Å². The Kier molecular flexibility index (Phi) is 6.30. The summed E-state index contributed by atoms with van der Waals surface area (Å²) >= 11 is 14.5. The molecule has 1 saturated heterocycles. The number of benzene rings is 1. The van der Waals surface area contributed by atoms with Crippen LogP contribution in [0.15, 0.2) is 40.3 Å². The third-order valence-corrected chi connectivity index (χ3v) is 8.37. The molecule has 2 aliphatic rings. The van der Waals surface area contributed by atoms with Gasteiger partial charge in [0.15, 0.2) is 0 Å². The van der Waals surface area contributed by atoms with Crippen molar-refractivity contribution in [2.45, 2.75) is 47.2 Å². The van der Waals surface area contributed by atoms with Gasteiger partial charge in [0.2, 0.25) is 9.84 Å². The predicted octanol–water partition coefficient (Wildman–Crippen LogP) is 3.98. The van der Waals surface area contributed by atoms with Crippen LogP contribution < -0.4 is 10.2 Å². The number of nitrogens with one attached hydrogen (secondary N) is 1. The molecule has 2 aromatic rings. The van der Waals surface area contributed by atoms with Crippen LogP contribution in [0.25, 0.3) is 0 Å². The van der Waals surface area contributed by atoms with E-state index in [1.54, 1.807) is 12.1 Å². The van der Waals surface area contributed by atoms with E-state index in [1.807, 2.05) is 4.90 Å². The molecule has 0 bridgehead atoms. The van der Waals surface area contributed by atoms with E-state index in [2.05, 4.69) is 32.9 Å². The fourth-order valence-electron chi connectivity index (χ4n) is 4.08. The van der Waals surface area contributed by atoms with Gasteiger partial charge in [-0.25, -0.2) is 13.4 Å². The summed E-state index contributed by atoms with van der Waals surface area (Å²) in [5.41, 5.74) is 0.933. The molecule has 10 heteroatoms. The van der Waals surface area contributed by atoms with Crippen LogP contribution in [0.1, 0.15) is 19.3 Å². The Hall–Kier alpha value is -0.650. The zero-order chi connectivity index (χ0) is 20.8. The predicted molar refractivity (Wildman–Crippen MR) is 123 cm³/mol. The average molecular weight is 568 g/mol. The molecular weight excluding hydrogens is 548 g/mol. The van der Waals surface area contributed by atoms with Crippen LogP contribution in [0, 0.1) is 0 Å². The molecule has 1 aromatic carbocycles. The first-order valence-electron chi connectivity index (χ1n) is 9.29. The molecule has 0 radical (unpaired) electrons. The molecule has 1 aromatic heterocycles. The van der Waals surface area contributed by atoms with Crippen molar-refractivity contribution < 1.29 is 13.5 Å². The summed E-state index contributed by atoms with van der Waals surface area (Å²) < 4.78 is 27.6. The number of halogens is 3. The zero-order valence-corrected chi connectivity index (χ0v) is 19.8. The van der Waals surface area contributed by atoms with Gasteiger partial charge >= 0.3 is 0 Å². The van der Waals surface area contributed by atoms with Gasteiger partial charge in [0.05, 0.1) is 34.6 Å². The Labute approximate surface area is 193 Å². The largest absolute Gasteiger partial charge is 0.390 e. The first-order chi connectivity index (χ1) is 13.8. The van der Waals surface area contributed by atoms with Crippen molar-refractivity contribution in [1.29, 1.82) is 0 Å². The summed E-state index contributed by atoms with van der Waals surface area (Å²) in [5.74, 6) is 0. The van der Waals surface area contributed by atoms with Crippen molar-refractivity contribution in [2.75, 3.05) is 15.9 Å². The minimum Gasteiger partial charge on any atom is -0.390 e. The van der Waals surface area contributed by atoms with Gasteiger partial charge in [-0.2, -0.15) is 0 Å². The van der Waals surface area contributed by atoms with Gasteiger partial charge in [0.25, 0.3) is 0 Å². The molecule has 0 saturated carbocycles. The van der Waals surface area contributed by atoms with Crippen molar-refractivity contribution in [1.82, 2.24) is 10.3 Å². The second kappa shape index (κ2) is 8.47. The molecule has 3 atom stereocenters.